The molecule has 218 valence electrons. The van der Waals surface area contributed by atoms with Gasteiger partial charge in [-0.1, -0.05) is 43.0 Å². The number of carbonyl (C=O) groups is 2. The van der Waals surface area contributed by atoms with Gasteiger partial charge in [0.05, 0.1) is 17.6 Å². The van der Waals surface area contributed by atoms with Crippen LogP contribution in [0.15, 0.2) is 96.2 Å². The highest BCUT2D eigenvalue weighted by Crippen LogP contribution is 2.22. The Balaban J connectivity index is 1.30. The predicted molar refractivity (Wildman–Crippen MR) is 165 cm³/mol. The molecule has 1 heterocycles. The molecule has 2 N–H and O–H groups in total. The molecule has 4 rings (SSSR count). The number of rotatable bonds is 10. The van der Waals surface area contributed by atoms with Crippen LogP contribution in [-0.2, 0) is 17.1 Å². The monoisotopic (exact) mass is 588 g/mol. The minimum Gasteiger partial charge on any atom is -0.593 e. The SMILES string of the molecule is C=C(/C=C(O)\C=N\CC)c1ccc(C(=O)N2CCN(c3ccc(C(=O)N[S+]([O-])Cc4ccccc4)cc3)CC2)cc1F. The molecule has 0 bridgehead atoms. The number of anilines is 1. The van der Waals surface area contributed by atoms with Crippen LogP contribution in [0, 0.1) is 5.82 Å². The molecule has 2 amide bonds. The zero-order valence-corrected chi connectivity index (χ0v) is 24.1. The molecule has 0 radical (unpaired) electrons. The third-order valence-corrected chi connectivity index (χ3v) is 7.71. The fraction of sp³-hybridized carbons (Fsp3) is 0.219. The van der Waals surface area contributed by atoms with Crippen LogP contribution in [0.5, 0.6) is 0 Å². The van der Waals surface area contributed by atoms with Crippen LogP contribution in [0.3, 0.4) is 0 Å². The molecule has 42 heavy (non-hydrogen) atoms. The van der Waals surface area contributed by atoms with E-state index in [4.69, 9.17) is 0 Å². The minimum absolute atomic E-state index is 0.132. The number of aliphatic hydroxyl groups excluding tert-OH is 1. The van der Waals surface area contributed by atoms with E-state index in [1.807, 2.05) is 49.4 Å². The number of hydrogen-bond acceptors (Lipinski definition) is 6. The summed E-state index contributed by atoms with van der Waals surface area (Å²) in [7, 11) is 0. The quantitative estimate of drug-likeness (QED) is 0.151. The zero-order valence-electron chi connectivity index (χ0n) is 23.3. The molecule has 3 aromatic carbocycles. The first kappa shape index (κ1) is 30.5. The summed E-state index contributed by atoms with van der Waals surface area (Å²) in [6.45, 7) is 8.17. The molecule has 0 aliphatic carbocycles. The molecular formula is C32H33FN4O4S. The van der Waals surface area contributed by atoms with Gasteiger partial charge in [0.1, 0.15) is 11.6 Å². The Bertz CT molecular complexity index is 1470. The number of amides is 2. The maximum atomic E-state index is 14.8. The van der Waals surface area contributed by atoms with Crippen molar-refractivity contribution >= 4 is 40.7 Å². The van der Waals surface area contributed by atoms with E-state index in [-0.39, 0.29) is 34.1 Å². The molecule has 8 nitrogen and oxygen atoms in total. The highest BCUT2D eigenvalue weighted by molar-refractivity contribution is 7.89. The maximum absolute atomic E-state index is 14.8. The van der Waals surface area contributed by atoms with E-state index < -0.39 is 23.1 Å². The summed E-state index contributed by atoms with van der Waals surface area (Å²) in [6.07, 6.45) is 2.60. The summed E-state index contributed by atoms with van der Waals surface area (Å²) < 4.78 is 29.7. The Hall–Kier alpha value is -4.41. The number of aliphatic imine (C=N–C) groups is 1. The molecule has 3 aromatic rings. The van der Waals surface area contributed by atoms with Gasteiger partial charge in [0.2, 0.25) is 0 Å². The van der Waals surface area contributed by atoms with Gasteiger partial charge in [-0.05, 0) is 55.0 Å². The molecular weight excluding hydrogens is 555 g/mol. The Morgan fingerprint density at radius 1 is 1.05 bits per heavy atom. The lowest BCUT2D eigenvalue weighted by atomic mass is 10.0. The first-order valence-corrected chi connectivity index (χ1v) is 14.8. The third kappa shape index (κ3) is 8.08. The van der Waals surface area contributed by atoms with Crippen LogP contribution >= 0.6 is 0 Å². The molecule has 0 spiro atoms. The van der Waals surface area contributed by atoms with Gasteiger partial charge >= 0.3 is 0 Å². The molecule has 1 aliphatic heterocycles. The fourth-order valence-electron chi connectivity index (χ4n) is 4.48. The number of nitrogens with one attached hydrogen (secondary N) is 1. The lowest BCUT2D eigenvalue weighted by Gasteiger charge is -2.36. The average Bonchev–Trinajstić information content (AvgIpc) is 3.00. The van der Waals surface area contributed by atoms with Gasteiger partial charge in [0.25, 0.3) is 11.8 Å². The van der Waals surface area contributed by atoms with Crippen LogP contribution in [0.1, 0.15) is 38.8 Å². The largest absolute Gasteiger partial charge is 0.593 e. The van der Waals surface area contributed by atoms with Gasteiger partial charge < -0.3 is 19.5 Å². The van der Waals surface area contributed by atoms with Gasteiger partial charge in [-0.15, -0.1) is 0 Å². The first-order chi connectivity index (χ1) is 20.2. The van der Waals surface area contributed by atoms with Crippen molar-refractivity contribution in [3.8, 4) is 0 Å². The maximum Gasteiger partial charge on any atom is 0.292 e. The summed E-state index contributed by atoms with van der Waals surface area (Å²) in [5.74, 6) is -1.18. The van der Waals surface area contributed by atoms with E-state index in [1.54, 1.807) is 23.1 Å². The van der Waals surface area contributed by atoms with Crippen LogP contribution in [0.4, 0.5) is 10.1 Å². The van der Waals surface area contributed by atoms with E-state index in [9.17, 15) is 23.6 Å². The van der Waals surface area contributed by atoms with E-state index in [2.05, 4.69) is 21.2 Å². The lowest BCUT2D eigenvalue weighted by Crippen LogP contribution is -2.48. The Kier molecular flexibility index (Phi) is 10.5. The normalized spacial score (nSPS) is 14.6. The number of halogens is 1. The van der Waals surface area contributed by atoms with Crippen molar-refractivity contribution in [3.63, 3.8) is 0 Å². The van der Waals surface area contributed by atoms with Crippen LogP contribution in [0.2, 0.25) is 0 Å². The lowest BCUT2D eigenvalue weighted by molar-refractivity contribution is 0.0746. The van der Waals surface area contributed by atoms with E-state index in [0.29, 0.717) is 38.3 Å². The third-order valence-electron chi connectivity index (χ3n) is 6.70. The molecule has 1 fully saturated rings. The van der Waals surface area contributed by atoms with Crippen molar-refractivity contribution in [3.05, 3.63) is 119 Å². The van der Waals surface area contributed by atoms with Gasteiger partial charge in [-0.3, -0.25) is 14.6 Å². The first-order valence-electron chi connectivity index (χ1n) is 13.5. The summed E-state index contributed by atoms with van der Waals surface area (Å²) in [6, 6.07) is 20.6. The smallest absolute Gasteiger partial charge is 0.292 e. The highest BCUT2D eigenvalue weighted by atomic mass is 32.2. The van der Waals surface area contributed by atoms with Gasteiger partial charge in [0, 0.05) is 60.7 Å². The zero-order chi connectivity index (χ0) is 30.1. The fourth-order valence-corrected chi connectivity index (χ4v) is 5.38. The van der Waals surface area contributed by atoms with Crippen molar-refractivity contribution in [2.75, 3.05) is 37.6 Å². The number of hydrogen-bond donors (Lipinski definition) is 2. The molecule has 1 saturated heterocycles. The van der Waals surface area contributed by atoms with E-state index in [1.165, 1.54) is 24.4 Å². The average molecular weight is 589 g/mol. The van der Waals surface area contributed by atoms with Crippen molar-refractivity contribution in [2.45, 2.75) is 12.7 Å². The predicted octanol–water partition coefficient (Wildman–Crippen LogP) is 4.93. The van der Waals surface area contributed by atoms with E-state index >= 15 is 0 Å². The number of benzene rings is 3. The molecule has 1 atom stereocenters. The molecule has 1 aliphatic rings. The number of allylic oxidation sites excluding steroid dienone is 3. The second-order valence-electron chi connectivity index (χ2n) is 9.65. The summed E-state index contributed by atoms with van der Waals surface area (Å²) >= 11 is -1.54. The van der Waals surface area contributed by atoms with Crippen molar-refractivity contribution < 1.29 is 23.6 Å². The van der Waals surface area contributed by atoms with Crippen molar-refractivity contribution in [1.29, 1.82) is 0 Å². The number of nitrogens with zero attached hydrogens (tertiary/aromatic N) is 3. The van der Waals surface area contributed by atoms with Crippen molar-refractivity contribution in [1.82, 2.24) is 9.62 Å². The molecule has 10 heteroatoms. The summed E-state index contributed by atoms with van der Waals surface area (Å²) in [4.78, 5) is 33.3. The van der Waals surface area contributed by atoms with Gasteiger partial charge in [0.15, 0.2) is 5.75 Å². The Labute approximate surface area is 248 Å². The number of piperazine rings is 1. The second kappa shape index (κ2) is 14.5. The summed E-state index contributed by atoms with van der Waals surface area (Å²) in [5, 5.41) is 9.87. The minimum atomic E-state index is -1.54. The highest BCUT2D eigenvalue weighted by Gasteiger charge is 2.24. The molecule has 1 unspecified atom stereocenters. The number of aliphatic hydroxyl groups is 1. The standard InChI is InChI=1S/C32H33FN4O4S/c1-3-34-21-28(38)19-23(2)29-14-11-26(20-30(29)33)32(40)37-17-15-36(16-18-37)27-12-9-25(10-13-27)31(39)35-42(41)22-24-7-5-4-6-8-24/h4-14,19-21,38H,2-3,15-18,22H2,1H3,(H,35,39)/b28-19+,34-21+. The summed E-state index contributed by atoms with van der Waals surface area (Å²) in [5.41, 5.74) is 2.87. The Morgan fingerprint density at radius 3 is 2.36 bits per heavy atom. The van der Waals surface area contributed by atoms with Crippen LogP contribution in [0.25, 0.3) is 5.57 Å². The van der Waals surface area contributed by atoms with Crippen molar-refractivity contribution in [2.24, 2.45) is 4.99 Å². The van der Waals surface area contributed by atoms with Gasteiger partial charge in [-0.25, -0.2) is 4.39 Å². The van der Waals surface area contributed by atoms with E-state index in [0.717, 1.165) is 11.3 Å². The molecule has 0 saturated carbocycles. The van der Waals surface area contributed by atoms with Crippen LogP contribution < -0.4 is 9.62 Å². The Morgan fingerprint density at radius 2 is 1.71 bits per heavy atom. The van der Waals surface area contributed by atoms with Crippen LogP contribution in [-0.4, -0.2) is 65.3 Å². The topological polar surface area (TPSA) is 108 Å². The van der Waals surface area contributed by atoms with Gasteiger partial charge in [-0.2, -0.15) is 4.72 Å². The second-order valence-corrected chi connectivity index (χ2v) is 10.8. The number of carbonyl (C=O) groups excluding carboxylic acids is 2. The molecule has 0 aromatic heterocycles.